The van der Waals surface area contributed by atoms with Crippen molar-refractivity contribution in [3.05, 3.63) is 24.4 Å². The van der Waals surface area contributed by atoms with E-state index in [9.17, 15) is 0 Å². The molecular formula is C18H28O4. The molecule has 4 atom stereocenters. The highest BCUT2D eigenvalue weighted by molar-refractivity contribution is 4.93. The molecular weight excluding hydrogens is 280 g/mol. The van der Waals surface area contributed by atoms with Gasteiger partial charge in [0.05, 0.1) is 6.10 Å². The van der Waals surface area contributed by atoms with Crippen LogP contribution in [0.1, 0.15) is 58.3 Å². The molecule has 4 heteroatoms. The van der Waals surface area contributed by atoms with Gasteiger partial charge < -0.3 is 18.9 Å². The topological polar surface area (TPSA) is 36.9 Å². The summed E-state index contributed by atoms with van der Waals surface area (Å²) >= 11 is 0. The van der Waals surface area contributed by atoms with Crippen LogP contribution in [0.2, 0.25) is 0 Å². The van der Waals surface area contributed by atoms with Crippen LogP contribution < -0.4 is 0 Å². The Bertz CT molecular complexity index is 415. The van der Waals surface area contributed by atoms with E-state index in [1.165, 1.54) is 25.7 Å². The first-order valence-corrected chi connectivity index (χ1v) is 8.67. The van der Waals surface area contributed by atoms with Crippen LogP contribution in [0.5, 0.6) is 0 Å². The lowest BCUT2D eigenvalue weighted by Gasteiger charge is -2.36. The summed E-state index contributed by atoms with van der Waals surface area (Å²) < 4.78 is 22.3. The van der Waals surface area contributed by atoms with Crippen molar-refractivity contribution >= 4 is 0 Å². The Morgan fingerprint density at radius 1 is 0.864 bits per heavy atom. The third-order valence-corrected chi connectivity index (χ3v) is 4.81. The van der Waals surface area contributed by atoms with Gasteiger partial charge in [-0.1, -0.05) is 13.0 Å². The molecule has 22 heavy (non-hydrogen) atoms. The largest absolute Gasteiger partial charge is 0.491 e. The van der Waals surface area contributed by atoms with Crippen LogP contribution in [0.15, 0.2) is 24.4 Å². The highest BCUT2D eigenvalue weighted by Crippen LogP contribution is 2.29. The van der Waals surface area contributed by atoms with Gasteiger partial charge in [-0.3, -0.25) is 0 Å². The summed E-state index contributed by atoms with van der Waals surface area (Å²) in [7, 11) is 0. The van der Waals surface area contributed by atoms with E-state index in [-0.39, 0.29) is 0 Å². The summed E-state index contributed by atoms with van der Waals surface area (Å²) in [4.78, 5) is 0. The van der Waals surface area contributed by atoms with Gasteiger partial charge in [0.15, 0.2) is 0 Å². The average Bonchev–Trinajstić information content (AvgIpc) is 2.55. The van der Waals surface area contributed by atoms with Crippen LogP contribution in [-0.4, -0.2) is 31.0 Å². The van der Waals surface area contributed by atoms with Gasteiger partial charge in [0.25, 0.3) is 0 Å². The normalized spacial score (nSPS) is 37.0. The highest BCUT2D eigenvalue weighted by Gasteiger charge is 2.31. The van der Waals surface area contributed by atoms with Gasteiger partial charge in [0.1, 0.15) is 42.7 Å². The molecule has 0 aromatic carbocycles. The number of ether oxygens (including phenoxy) is 4. The number of hydrogen-bond donors (Lipinski definition) is 0. The molecule has 0 amide bonds. The van der Waals surface area contributed by atoms with Crippen LogP contribution in [0, 0.1) is 0 Å². The molecule has 3 fully saturated rings. The molecule has 4 aliphatic rings. The lowest BCUT2D eigenvalue weighted by Crippen LogP contribution is -2.39. The molecule has 2 saturated carbocycles. The Labute approximate surface area is 133 Å². The maximum atomic E-state index is 5.63. The van der Waals surface area contributed by atoms with E-state index in [1.807, 2.05) is 6.92 Å². The van der Waals surface area contributed by atoms with Gasteiger partial charge in [-0.2, -0.15) is 0 Å². The zero-order chi connectivity index (χ0) is 15.4. The summed E-state index contributed by atoms with van der Waals surface area (Å²) in [5, 5.41) is 0. The molecule has 2 aliphatic heterocycles. The van der Waals surface area contributed by atoms with Crippen LogP contribution >= 0.6 is 0 Å². The standard InChI is InChI=1S/2C9H14O2/c2*1-7-6-10-8-4-2-3-5-9(8)11-7/h6,8-9H,2-5H2,1H3;8-9H,1-6H2. The molecule has 4 nitrogen and oxygen atoms in total. The highest BCUT2D eigenvalue weighted by atomic mass is 16.6. The predicted octanol–water partition coefficient (Wildman–Crippen LogP) is 4.06. The number of rotatable bonds is 0. The third-order valence-electron chi connectivity index (χ3n) is 4.81. The quantitative estimate of drug-likeness (QED) is 0.676. The molecule has 2 heterocycles. The van der Waals surface area contributed by atoms with Crippen LogP contribution in [0.25, 0.3) is 0 Å². The molecule has 0 aromatic heterocycles. The van der Waals surface area contributed by atoms with Crippen molar-refractivity contribution in [1.29, 1.82) is 0 Å². The predicted molar refractivity (Wildman–Crippen MR) is 84.2 cm³/mol. The van der Waals surface area contributed by atoms with Crippen molar-refractivity contribution in [2.45, 2.75) is 82.7 Å². The van der Waals surface area contributed by atoms with Gasteiger partial charge >= 0.3 is 0 Å². The van der Waals surface area contributed by atoms with Gasteiger partial charge in [0.2, 0.25) is 0 Å². The smallest absolute Gasteiger partial charge is 0.135 e. The Balaban J connectivity index is 0.000000131. The maximum absolute atomic E-state index is 5.63. The van der Waals surface area contributed by atoms with Crippen molar-refractivity contribution in [2.75, 3.05) is 6.61 Å². The lowest BCUT2D eigenvalue weighted by atomic mass is 9.94. The minimum absolute atomic E-state index is 0.310. The van der Waals surface area contributed by atoms with E-state index in [0.717, 1.165) is 37.2 Å². The van der Waals surface area contributed by atoms with Crippen LogP contribution in [-0.2, 0) is 18.9 Å². The van der Waals surface area contributed by atoms with E-state index in [1.54, 1.807) is 6.26 Å². The molecule has 124 valence electrons. The van der Waals surface area contributed by atoms with Crippen molar-refractivity contribution in [2.24, 2.45) is 0 Å². The minimum Gasteiger partial charge on any atom is -0.491 e. The van der Waals surface area contributed by atoms with Crippen molar-refractivity contribution in [1.82, 2.24) is 0 Å². The van der Waals surface area contributed by atoms with E-state index >= 15 is 0 Å². The monoisotopic (exact) mass is 308 g/mol. The molecule has 0 bridgehead atoms. The number of allylic oxidation sites excluding steroid dienone is 1. The van der Waals surface area contributed by atoms with E-state index in [2.05, 4.69) is 6.58 Å². The van der Waals surface area contributed by atoms with Gasteiger partial charge in [-0.25, -0.2) is 0 Å². The molecule has 0 spiro atoms. The fourth-order valence-electron chi connectivity index (χ4n) is 3.64. The Kier molecular flexibility index (Phi) is 5.29. The first kappa shape index (κ1) is 15.7. The van der Waals surface area contributed by atoms with Crippen molar-refractivity contribution in [3.8, 4) is 0 Å². The Morgan fingerprint density at radius 2 is 1.45 bits per heavy atom. The maximum Gasteiger partial charge on any atom is 0.135 e. The van der Waals surface area contributed by atoms with Crippen LogP contribution in [0.3, 0.4) is 0 Å². The molecule has 4 unspecified atom stereocenters. The fourth-order valence-corrected chi connectivity index (χ4v) is 3.64. The fraction of sp³-hybridized carbons (Fsp3) is 0.778. The van der Waals surface area contributed by atoms with E-state index < -0.39 is 0 Å². The molecule has 0 aromatic rings. The zero-order valence-corrected chi connectivity index (χ0v) is 13.6. The van der Waals surface area contributed by atoms with Gasteiger partial charge in [-0.05, 0) is 51.9 Å². The SMILES string of the molecule is C=C1COC2CCCCC2O1.CC1=COC2CCCCC2O1. The van der Waals surface area contributed by atoms with Gasteiger partial charge in [-0.15, -0.1) is 0 Å². The first-order valence-electron chi connectivity index (χ1n) is 8.67. The molecule has 0 N–H and O–H groups in total. The first-order chi connectivity index (χ1) is 10.7. The summed E-state index contributed by atoms with van der Waals surface area (Å²) in [6.07, 6.45) is 12.9. The van der Waals surface area contributed by atoms with Crippen LogP contribution in [0.4, 0.5) is 0 Å². The summed E-state index contributed by atoms with van der Waals surface area (Å²) in [5.41, 5.74) is 0. The minimum atomic E-state index is 0.310. The summed E-state index contributed by atoms with van der Waals surface area (Å²) in [6.45, 7) is 6.31. The molecule has 2 aliphatic carbocycles. The Morgan fingerprint density at radius 3 is 2.18 bits per heavy atom. The lowest BCUT2D eigenvalue weighted by molar-refractivity contribution is -0.118. The van der Waals surface area contributed by atoms with Crippen molar-refractivity contribution < 1.29 is 18.9 Å². The Hall–Kier alpha value is -1.16. The van der Waals surface area contributed by atoms with E-state index in [4.69, 9.17) is 18.9 Å². The second kappa shape index (κ2) is 7.40. The summed E-state index contributed by atoms with van der Waals surface area (Å²) in [6, 6.07) is 0. The molecule has 1 saturated heterocycles. The molecule has 4 rings (SSSR count). The zero-order valence-electron chi connectivity index (χ0n) is 13.6. The average molecular weight is 308 g/mol. The summed E-state index contributed by atoms with van der Waals surface area (Å²) in [5.74, 6) is 1.72. The van der Waals surface area contributed by atoms with E-state index in [0.29, 0.717) is 31.0 Å². The second-order valence-corrected chi connectivity index (χ2v) is 6.67. The van der Waals surface area contributed by atoms with Crippen molar-refractivity contribution in [3.63, 3.8) is 0 Å². The second-order valence-electron chi connectivity index (χ2n) is 6.67. The molecule has 0 radical (unpaired) electrons. The van der Waals surface area contributed by atoms with Gasteiger partial charge in [0, 0.05) is 0 Å². The number of fused-ring (bicyclic) bond motifs is 2. The number of hydrogen-bond acceptors (Lipinski definition) is 4. The third kappa shape index (κ3) is 3.97.